The van der Waals surface area contributed by atoms with Gasteiger partial charge in [-0.2, -0.15) is 0 Å². The Labute approximate surface area is 97.8 Å². The van der Waals surface area contributed by atoms with E-state index in [4.69, 9.17) is 0 Å². The highest BCUT2D eigenvalue weighted by atomic mass is 79.9. The van der Waals surface area contributed by atoms with Gasteiger partial charge in [-0.1, -0.05) is 42.3 Å². The maximum absolute atomic E-state index is 13.3. The van der Waals surface area contributed by atoms with E-state index in [2.05, 4.69) is 29.8 Å². The van der Waals surface area contributed by atoms with Gasteiger partial charge in [0.25, 0.3) is 0 Å². The summed E-state index contributed by atoms with van der Waals surface area (Å²) in [7, 11) is 0. The second-order valence-electron chi connectivity index (χ2n) is 3.81. The van der Waals surface area contributed by atoms with E-state index in [1.807, 2.05) is 0 Å². The molecule has 2 atom stereocenters. The van der Waals surface area contributed by atoms with Gasteiger partial charge in [0.1, 0.15) is 11.6 Å². The smallest absolute Gasteiger partial charge is 0.129 e. The van der Waals surface area contributed by atoms with Crippen LogP contribution in [0.4, 0.5) is 8.78 Å². The van der Waals surface area contributed by atoms with E-state index in [0.29, 0.717) is 12.3 Å². The molecule has 0 aliphatic carbocycles. The van der Waals surface area contributed by atoms with E-state index in [-0.39, 0.29) is 10.4 Å². The Balaban J connectivity index is 2.80. The highest BCUT2D eigenvalue weighted by Gasteiger charge is 2.17. The van der Waals surface area contributed by atoms with E-state index in [9.17, 15) is 8.78 Å². The molecule has 1 aromatic carbocycles. The molecule has 0 fully saturated rings. The first-order valence-electron chi connectivity index (χ1n) is 5.13. The molecule has 2 unspecified atom stereocenters. The lowest BCUT2D eigenvalue weighted by molar-refractivity contribution is 0.505. The molecule has 0 aromatic heterocycles. The molecule has 0 radical (unpaired) electrons. The molecule has 84 valence electrons. The van der Waals surface area contributed by atoms with E-state index >= 15 is 0 Å². The number of rotatable bonds is 4. The molecule has 0 aliphatic rings. The third-order valence-corrected chi connectivity index (χ3v) is 3.95. The molecule has 15 heavy (non-hydrogen) atoms. The molecule has 0 heterocycles. The summed E-state index contributed by atoms with van der Waals surface area (Å²) >= 11 is 3.48. The van der Waals surface area contributed by atoms with Crippen molar-refractivity contribution >= 4 is 15.9 Å². The first-order valence-corrected chi connectivity index (χ1v) is 6.04. The van der Waals surface area contributed by atoms with Gasteiger partial charge in [0.2, 0.25) is 0 Å². The Hall–Kier alpha value is -0.440. The minimum absolute atomic E-state index is 0.119. The standard InChI is InChI=1S/C12H15BrF2/c1-3-8(2)10(13)7-9-11(14)5-4-6-12(9)15/h4-6,8,10H,3,7H2,1-2H3. The van der Waals surface area contributed by atoms with Gasteiger partial charge in [0.05, 0.1) is 0 Å². The summed E-state index contributed by atoms with van der Waals surface area (Å²) < 4.78 is 26.6. The van der Waals surface area contributed by atoms with Gasteiger partial charge in [0, 0.05) is 10.4 Å². The van der Waals surface area contributed by atoms with Crippen LogP contribution in [0.1, 0.15) is 25.8 Å². The highest BCUT2D eigenvalue weighted by molar-refractivity contribution is 9.09. The molecule has 0 spiro atoms. The van der Waals surface area contributed by atoms with Crippen molar-refractivity contribution in [3.63, 3.8) is 0 Å². The molecule has 0 aliphatic heterocycles. The van der Waals surface area contributed by atoms with Crippen molar-refractivity contribution in [2.75, 3.05) is 0 Å². The van der Waals surface area contributed by atoms with Crippen LogP contribution < -0.4 is 0 Å². The van der Waals surface area contributed by atoms with Crippen molar-refractivity contribution in [1.82, 2.24) is 0 Å². The summed E-state index contributed by atoms with van der Waals surface area (Å²) in [5, 5.41) is 0. The lowest BCUT2D eigenvalue weighted by Crippen LogP contribution is -2.14. The van der Waals surface area contributed by atoms with Gasteiger partial charge >= 0.3 is 0 Å². The molecule has 1 rings (SSSR count). The summed E-state index contributed by atoms with van der Waals surface area (Å²) in [6.45, 7) is 4.13. The third-order valence-electron chi connectivity index (χ3n) is 2.72. The average molecular weight is 277 g/mol. The van der Waals surface area contributed by atoms with E-state index < -0.39 is 11.6 Å². The van der Waals surface area contributed by atoms with Crippen LogP contribution in [0.25, 0.3) is 0 Å². The van der Waals surface area contributed by atoms with Gasteiger partial charge in [-0.3, -0.25) is 0 Å². The molecule has 0 saturated heterocycles. The SMILES string of the molecule is CCC(C)C(Br)Cc1c(F)cccc1F. The summed E-state index contributed by atoms with van der Waals surface area (Å²) in [6.07, 6.45) is 1.39. The Bertz CT molecular complexity index is 305. The first-order chi connectivity index (χ1) is 7.06. The van der Waals surface area contributed by atoms with Crippen molar-refractivity contribution in [3.05, 3.63) is 35.4 Å². The monoisotopic (exact) mass is 276 g/mol. The van der Waals surface area contributed by atoms with Crippen molar-refractivity contribution in [1.29, 1.82) is 0 Å². The zero-order valence-electron chi connectivity index (χ0n) is 8.93. The second kappa shape index (κ2) is 5.59. The van der Waals surface area contributed by atoms with Crippen molar-refractivity contribution in [2.45, 2.75) is 31.5 Å². The Kier molecular flexibility index (Phi) is 4.71. The summed E-state index contributed by atoms with van der Waals surface area (Å²) in [4.78, 5) is 0.119. The van der Waals surface area contributed by atoms with Crippen LogP contribution in [0.15, 0.2) is 18.2 Å². The van der Waals surface area contributed by atoms with Gasteiger partial charge in [-0.05, 0) is 24.5 Å². The van der Waals surface area contributed by atoms with Gasteiger partial charge < -0.3 is 0 Å². The van der Waals surface area contributed by atoms with Crippen LogP contribution in [-0.2, 0) is 6.42 Å². The molecule has 0 amide bonds. The molecule has 0 N–H and O–H groups in total. The van der Waals surface area contributed by atoms with E-state index in [1.54, 1.807) is 0 Å². The molecule has 0 nitrogen and oxygen atoms in total. The summed E-state index contributed by atoms with van der Waals surface area (Å²) in [5.74, 6) is -0.505. The van der Waals surface area contributed by atoms with Crippen LogP contribution in [0.5, 0.6) is 0 Å². The number of alkyl halides is 1. The second-order valence-corrected chi connectivity index (χ2v) is 4.98. The third kappa shape index (κ3) is 3.26. The number of benzene rings is 1. The number of hydrogen-bond acceptors (Lipinski definition) is 0. The zero-order valence-corrected chi connectivity index (χ0v) is 10.5. The highest BCUT2D eigenvalue weighted by Crippen LogP contribution is 2.23. The predicted molar refractivity (Wildman–Crippen MR) is 62.2 cm³/mol. The average Bonchev–Trinajstić information content (AvgIpc) is 2.22. The minimum Gasteiger partial charge on any atom is -0.207 e. The molecular formula is C12H15BrF2. The Morgan fingerprint density at radius 3 is 2.27 bits per heavy atom. The topological polar surface area (TPSA) is 0 Å². The lowest BCUT2D eigenvalue weighted by Gasteiger charge is -2.17. The van der Waals surface area contributed by atoms with Crippen LogP contribution in [0.3, 0.4) is 0 Å². The van der Waals surface area contributed by atoms with E-state index in [1.165, 1.54) is 18.2 Å². The maximum atomic E-state index is 13.3. The fourth-order valence-corrected chi connectivity index (χ4v) is 2.08. The zero-order chi connectivity index (χ0) is 11.4. The minimum atomic E-state index is -0.456. The van der Waals surface area contributed by atoms with Crippen LogP contribution >= 0.6 is 15.9 Å². The fraction of sp³-hybridized carbons (Fsp3) is 0.500. The number of hydrogen-bond donors (Lipinski definition) is 0. The van der Waals surface area contributed by atoms with Gasteiger partial charge in [-0.15, -0.1) is 0 Å². The lowest BCUT2D eigenvalue weighted by atomic mass is 9.98. The van der Waals surface area contributed by atoms with Crippen LogP contribution in [0.2, 0.25) is 0 Å². The Morgan fingerprint density at radius 2 is 1.80 bits per heavy atom. The Morgan fingerprint density at radius 1 is 1.27 bits per heavy atom. The van der Waals surface area contributed by atoms with Crippen molar-refractivity contribution in [3.8, 4) is 0 Å². The predicted octanol–water partition coefficient (Wildman–Crippen LogP) is 4.32. The maximum Gasteiger partial charge on any atom is 0.129 e. The van der Waals surface area contributed by atoms with Crippen LogP contribution in [0, 0.1) is 17.6 Å². The van der Waals surface area contributed by atoms with Gasteiger partial charge in [-0.25, -0.2) is 8.78 Å². The van der Waals surface area contributed by atoms with E-state index in [0.717, 1.165) is 6.42 Å². The molecule has 3 heteroatoms. The molecule has 1 aromatic rings. The van der Waals surface area contributed by atoms with Crippen molar-refractivity contribution < 1.29 is 8.78 Å². The molecular weight excluding hydrogens is 262 g/mol. The number of halogens is 3. The summed E-state index contributed by atoms with van der Waals surface area (Å²) in [5.41, 5.74) is 0.180. The fourth-order valence-electron chi connectivity index (χ4n) is 1.38. The quantitative estimate of drug-likeness (QED) is 0.719. The van der Waals surface area contributed by atoms with Crippen molar-refractivity contribution in [2.24, 2.45) is 5.92 Å². The molecule has 0 bridgehead atoms. The van der Waals surface area contributed by atoms with Gasteiger partial charge in [0.15, 0.2) is 0 Å². The summed E-state index contributed by atoms with van der Waals surface area (Å²) in [6, 6.07) is 3.99. The largest absolute Gasteiger partial charge is 0.207 e. The normalized spacial score (nSPS) is 15.0. The first kappa shape index (κ1) is 12.6. The van der Waals surface area contributed by atoms with Crippen LogP contribution in [-0.4, -0.2) is 4.83 Å². The molecule has 0 saturated carbocycles.